The number of hydrogen-bond donors (Lipinski definition) is 1. The number of hydrogen-bond acceptors (Lipinski definition) is 2. The predicted octanol–water partition coefficient (Wildman–Crippen LogP) is 4.29. The minimum atomic E-state index is -0.0161. The maximum absolute atomic E-state index is 12.5. The Kier molecular flexibility index (Phi) is 5.41. The lowest BCUT2D eigenvalue weighted by molar-refractivity contribution is 0.0951. The summed E-state index contributed by atoms with van der Waals surface area (Å²) in [6.07, 6.45) is 19.3. The van der Waals surface area contributed by atoms with Crippen molar-refractivity contribution in [2.24, 2.45) is 5.92 Å². The summed E-state index contributed by atoms with van der Waals surface area (Å²) in [7, 11) is 0. The molecule has 0 bridgehead atoms. The zero-order valence-corrected chi connectivity index (χ0v) is 13.5. The van der Waals surface area contributed by atoms with Crippen molar-refractivity contribution in [3.8, 4) is 0 Å². The number of nitrogens with one attached hydrogen (secondary N) is 1. The molecule has 0 radical (unpaired) electrons. The molecule has 0 unspecified atom stereocenters. The Bertz CT molecular complexity index is 637. The van der Waals surface area contributed by atoms with Gasteiger partial charge in [0.15, 0.2) is 0 Å². The van der Waals surface area contributed by atoms with E-state index in [0.29, 0.717) is 5.56 Å². The fourth-order valence-electron chi connectivity index (χ4n) is 3.36. The summed E-state index contributed by atoms with van der Waals surface area (Å²) in [6.45, 7) is 0.758. The molecule has 23 heavy (non-hydrogen) atoms. The van der Waals surface area contributed by atoms with Crippen LogP contribution in [0.1, 0.15) is 54.6 Å². The molecule has 1 fully saturated rings. The first-order chi connectivity index (χ1) is 11.3. The Hall–Kier alpha value is -2.16. The number of amides is 1. The number of carbonyl (C=O) groups excluding carboxylic acids is 1. The Labute approximate surface area is 138 Å². The van der Waals surface area contributed by atoms with Crippen molar-refractivity contribution in [1.29, 1.82) is 0 Å². The molecule has 1 heterocycles. The summed E-state index contributed by atoms with van der Waals surface area (Å²) in [4.78, 5) is 17.0. The predicted molar refractivity (Wildman–Crippen MR) is 94.0 cm³/mol. The highest BCUT2D eigenvalue weighted by Gasteiger charge is 2.17. The molecule has 3 heteroatoms. The highest BCUT2D eigenvalue weighted by Crippen LogP contribution is 2.27. The first-order valence-corrected chi connectivity index (χ1v) is 8.61. The Morgan fingerprint density at radius 3 is 3.00 bits per heavy atom. The SMILES string of the molecule is O=C(NCCC1CCCC1)c1cccnc1C1=CCC=CC=C1. The second-order valence-corrected chi connectivity index (χ2v) is 6.28. The molecule has 2 aliphatic rings. The molecule has 0 spiro atoms. The van der Waals surface area contributed by atoms with E-state index >= 15 is 0 Å². The molecule has 0 saturated heterocycles. The van der Waals surface area contributed by atoms with E-state index in [4.69, 9.17) is 0 Å². The molecule has 1 aromatic heterocycles. The van der Waals surface area contributed by atoms with Crippen molar-refractivity contribution in [2.75, 3.05) is 6.54 Å². The molecule has 0 atom stereocenters. The fraction of sp³-hybridized carbons (Fsp3) is 0.400. The van der Waals surface area contributed by atoms with Crippen LogP contribution in [-0.4, -0.2) is 17.4 Å². The number of pyridine rings is 1. The van der Waals surface area contributed by atoms with E-state index in [1.807, 2.05) is 30.4 Å². The molecule has 1 N–H and O–H groups in total. The van der Waals surface area contributed by atoms with Gasteiger partial charge in [-0.15, -0.1) is 0 Å². The minimum absolute atomic E-state index is 0.0161. The van der Waals surface area contributed by atoms with Crippen LogP contribution in [0.4, 0.5) is 0 Å². The zero-order valence-electron chi connectivity index (χ0n) is 13.5. The van der Waals surface area contributed by atoms with E-state index in [1.54, 1.807) is 6.20 Å². The molecule has 1 aromatic rings. The van der Waals surface area contributed by atoms with Crippen molar-refractivity contribution >= 4 is 11.5 Å². The van der Waals surface area contributed by atoms with Gasteiger partial charge in [-0.1, -0.05) is 56.1 Å². The van der Waals surface area contributed by atoms with Gasteiger partial charge in [-0.25, -0.2) is 0 Å². The van der Waals surface area contributed by atoms with Gasteiger partial charge < -0.3 is 5.32 Å². The highest BCUT2D eigenvalue weighted by molar-refractivity contribution is 5.99. The quantitative estimate of drug-likeness (QED) is 0.881. The van der Waals surface area contributed by atoms with Gasteiger partial charge in [0.1, 0.15) is 0 Å². The lowest BCUT2D eigenvalue weighted by Gasteiger charge is -2.12. The van der Waals surface area contributed by atoms with E-state index in [2.05, 4.69) is 22.5 Å². The van der Waals surface area contributed by atoms with Crippen LogP contribution < -0.4 is 5.32 Å². The third-order valence-corrected chi connectivity index (χ3v) is 4.64. The third kappa shape index (κ3) is 4.19. The van der Waals surface area contributed by atoms with Gasteiger partial charge in [-0.2, -0.15) is 0 Å². The van der Waals surface area contributed by atoms with E-state index in [9.17, 15) is 4.79 Å². The summed E-state index contributed by atoms with van der Waals surface area (Å²) in [5.74, 6) is 0.778. The van der Waals surface area contributed by atoms with E-state index in [-0.39, 0.29) is 5.91 Å². The van der Waals surface area contributed by atoms with Gasteiger partial charge in [0, 0.05) is 12.7 Å². The van der Waals surface area contributed by atoms with Crippen LogP contribution in [0.5, 0.6) is 0 Å². The van der Waals surface area contributed by atoms with E-state index < -0.39 is 0 Å². The molecule has 2 aliphatic carbocycles. The topological polar surface area (TPSA) is 42.0 Å². The van der Waals surface area contributed by atoms with Crippen molar-refractivity contribution in [3.05, 3.63) is 60.0 Å². The van der Waals surface area contributed by atoms with Crippen molar-refractivity contribution in [2.45, 2.75) is 38.5 Å². The maximum atomic E-state index is 12.5. The number of nitrogens with zero attached hydrogens (tertiary/aromatic N) is 1. The Morgan fingerprint density at radius 2 is 2.13 bits per heavy atom. The second kappa shape index (κ2) is 7.91. The average molecular weight is 308 g/mol. The monoisotopic (exact) mass is 308 g/mol. The molecule has 3 rings (SSSR count). The molecular weight excluding hydrogens is 284 g/mol. The lowest BCUT2D eigenvalue weighted by atomic mass is 10.0. The van der Waals surface area contributed by atoms with Gasteiger partial charge in [0.25, 0.3) is 5.91 Å². The van der Waals surface area contributed by atoms with Gasteiger partial charge in [0.05, 0.1) is 11.3 Å². The molecule has 0 aromatic carbocycles. The van der Waals surface area contributed by atoms with Gasteiger partial charge in [-0.05, 0) is 36.5 Å². The summed E-state index contributed by atoms with van der Waals surface area (Å²) in [5.41, 5.74) is 2.44. The highest BCUT2D eigenvalue weighted by atomic mass is 16.1. The maximum Gasteiger partial charge on any atom is 0.253 e. The van der Waals surface area contributed by atoms with Crippen molar-refractivity contribution in [3.63, 3.8) is 0 Å². The van der Waals surface area contributed by atoms with Crippen LogP contribution in [0.3, 0.4) is 0 Å². The first-order valence-electron chi connectivity index (χ1n) is 8.61. The Morgan fingerprint density at radius 1 is 1.26 bits per heavy atom. The van der Waals surface area contributed by atoms with Crippen LogP contribution in [0.25, 0.3) is 5.57 Å². The van der Waals surface area contributed by atoms with Gasteiger partial charge in [-0.3, -0.25) is 9.78 Å². The van der Waals surface area contributed by atoms with Crippen LogP contribution in [0.2, 0.25) is 0 Å². The van der Waals surface area contributed by atoms with Crippen molar-refractivity contribution in [1.82, 2.24) is 10.3 Å². The summed E-state index contributed by atoms with van der Waals surface area (Å²) in [6, 6.07) is 3.69. The largest absolute Gasteiger partial charge is 0.352 e. The smallest absolute Gasteiger partial charge is 0.253 e. The van der Waals surface area contributed by atoms with Crippen LogP contribution in [0.15, 0.2) is 48.7 Å². The van der Waals surface area contributed by atoms with E-state index in [0.717, 1.165) is 36.6 Å². The Balaban J connectivity index is 1.66. The second-order valence-electron chi connectivity index (χ2n) is 6.28. The van der Waals surface area contributed by atoms with Crippen LogP contribution in [-0.2, 0) is 0 Å². The summed E-state index contributed by atoms with van der Waals surface area (Å²) in [5, 5.41) is 3.08. The number of carbonyl (C=O) groups is 1. The minimum Gasteiger partial charge on any atom is -0.352 e. The van der Waals surface area contributed by atoms with Crippen molar-refractivity contribution < 1.29 is 4.79 Å². The van der Waals surface area contributed by atoms with Crippen LogP contribution in [0, 0.1) is 5.92 Å². The number of rotatable bonds is 5. The molecule has 1 amide bonds. The number of allylic oxidation sites excluding steroid dienone is 6. The molecule has 3 nitrogen and oxygen atoms in total. The summed E-state index contributed by atoms with van der Waals surface area (Å²) >= 11 is 0. The standard InChI is InChI=1S/C20H24N2O/c23-20(22-15-13-16-8-5-6-9-16)18-12-7-14-21-19(18)17-10-3-1-2-4-11-17/h1-3,7,10-12,14,16H,4-6,8-9,13,15H2,(H,22,23). The molecule has 120 valence electrons. The zero-order chi connectivity index (χ0) is 15.9. The molecule has 1 saturated carbocycles. The molecular formula is C20H24N2O. The first kappa shape index (κ1) is 15.7. The van der Waals surface area contributed by atoms with E-state index in [1.165, 1.54) is 25.7 Å². The van der Waals surface area contributed by atoms with Gasteiger partial charge >= 0.3 is 0 Å². The third-order valence-electron chi connectivity index (χ3n) is 4.64. The molecule has 0 aliphatic heterocycles. The normalized spacial score (nSPS) is 17.8. The van der Waals surface area contributed by atoms with Crippen LogP contribution >= 0.6 is 0 Å². The average Bonchev–Trinajstić information content (AvgIpc) is 2.95. The fourth-order valence-corrected chi connectivity index (χ4v) is 3.36. The summed E-state index contributed by atoms with van der Waals surface area (Å²) < 4.78 is 0. The van der Waals surface area contributed by atoms with Gasteiger partial charge in [0.2, 0.25) is 0 Å². The lowest BCUT2D eigenvalue weighted by Crippen LogP contribution is -2.26. The number of aromatic nitrogens is 1.